The number of nitrogens with zero attached hydrogens (tertiary/aromatic N) is 2. The molecule has 0 aliphatic rings. The molecule has 0 aliphatic heterocycles. The largest absolute Gasteiger partial charge is 0.496 e. The number of hydrogen-bond acceptors (Lipinski definition) is 6. The topological polar surface area (TPSA) is 73.3 Å². The predicted molar refractivity (Wildman–Crippen MR) is 78.4 cm³/mol. The number of rotatable bonds is 5. The number of anilines is 1. The molecule has 0 fully saturated rings. The van der Waals surface area contributed by atoms with Gasteiger partial charge in [-0.05, 0) is 37.3 Å². The van der Waals surface area contributed by atoms with Gasteiger partial charge in [-0.1, -0.05) is 0 Å². The van der Waals surface area contributed by atoms with Crippen molar-refractivity contribution in [2.75, 3.05) is 19.5 Å². The van der Waals surface area contributed by atoms with E-state index >= 15 is 0 Å². The van der Waals surface area contributed by atoms with Crippen molar-refractivity contribution in [3.8, 4) is 5.75 Å². The maximum Gasteiger partial charge on any atom is 0.358 e. The summed E-state index contributed by atoms with van der Waals surface area (Å²) < 4.78 is 23.2. The molecule has 1 aromatic carbocycles. The number of esters is 1. The Morgan fingerprint density at radius 3 is 2.59 bits per heavy atom. The van der Waals surface area contributed by atoms with Crippen molar-refractivity contribution in [2.24, 2.45) is 0 Å². The van der Waals surface area contributed by atoms with Crippen molar-refractivity contribution < 1.29 is 18.7 Å². The molecule has 1 atom stereocenters. The molecular weight excluding hydrogens is 289 g/mol. The zero-order valence-electron chi connectivity index (χ0n) is 12.5. The van der Waals surface area contributed by atoms with Crippen molar-refractivity contribution in [3.63, 3.8) is 0 Å². The average molecular weight is 305 g/mol. The fourth-order valence-electron chi connectivity index (χ4n) is 1.97. The average Bonchev–Trinajstić information content (AvgIpc) is 2.54. The molecular formula is C15H16FN3O3. The van der Waals surface area contributed by atoms with E-state index in [4.69, 9.17) is 4.74 Å². The van der Waals surface area contributed by atoms with Crippen LogP contribution in [0.3, 0.4) is 0 Å². The van der Waals surface area contributed by atoms with E-state index in [1.165, 1.54) is 32.4 Å². The lowest BCUT2D eigenvalue weighted by atomic mass is 10.1. The molecule has 0 aliphatic carbocycles. The van der Waals surface area contributed by atoms with Gasteiger partial charge in [-0.15, -0.1) is 10.2 Å². The summed E-state index contributed by atoms with van der Waals surface area (Å²) in [6, 6.07) is 7.13. The van der Waals surface area contributed by atoms with E-state index in [1.807, 2.05) is 6.92 Å². The van der Waals surface area contributed by atoms with Gasteiger partial charge in [-0.3, -0.25) is 0 Å². The second-order valence-corrected chi connectivity index (χ2v) is 4.55. The van der Waals surface area contributed by atoms with Crippen LogP contribution in [-0.4, -0.2) is 30.4 Å². The highest BCUT2D eigenvalue weighted by Gasteiger charge is 2.14. The molecule has 0 saturated heterocycles. The van der Waals surface area contributed by atoms with E-state index in [0.29, 0.717) is 17.1 Å². The van der Waals surface area contributed by atoms with Crippen molar-refractivity contribution in [3.05, 3.63) is 47.4 Å². The van der Waals surface area contributed by atoms with Crippen LogP contribution in [0.15, 0.2) is 30.3 Å². The van der Waals surface area contributed by atoms with Gasteiger partial charge in [0, 0.05) is 5.56 Å². The van der Waals surface area contributed by atoms with E-state index in [0.717, 1.165) is 0 Å². The summed E-state index contributed by atoms with van der Waals surface area (Å²) in [5.41, 5.74) is 0.769. The number of benzene rings is 1. The third-order valence-corrected chi connectivity index (χ3v) is 3.08. The lowest BCUT2D eigenvalue weighted by molar-refractivity contribution is 0.0593. The molecule has 0 bridgehead atoms. The zero-order valence-corrected chi connectivity index (χ0v) is 12.5. The lowest BCUT2D eigenvalue weighted by Gasteiger charge is -2.17. The first kappa shape index (κ1) is 15.7. The number of carbonyl (C=O) groups excluding carboxylic acids is 1. The molecule has 2 aromatic rings. The molecule has 0 saturated carbocycles. The zero-order chi connectivity index (χ0) is 16.1. The van der Waals surface area contributed by atoms with Gasteiger partial charge in [0.15, 0.2) is 5.69 Å². The summed E-state index contributed by atoms with van der Waals surface area (Å²) in [5, 5.41) is 10.7. The first-order chi connectivity index (χ1) is 10.5. The Morgan fingerprint density at radius 1 is 1.23 bits per heavy atom. The van der Waals surface area contributed by atoms with Crippen LogP contribution in [0.5, 0.6) is 5.75 Å². The minimum atomic E-state index is -0.557. The highest BCUT2D eigenvalue weighted by Crippen LogP contribution is 2.27. The van der Waals surface area contributed by atoms with Crippen LogP contribution >= 0.6 is 0 Å². The molecule has 116 valence electrons. The van der Waals surface area contributed by atoms with E-state index < -0.39 is 5.97 Å². The number of carbonyl (C=O) groups is 1. The summed E-state index contributed by atoms with van der Waals surface area (Å²) in [6.07, 6.45) is 0. The van der Waals surface area contributed by atoms with Crippen molar-refractivity contribution in [1.82, 2.24) is 10.2 Å². The van der Waals surface area contributed by atoms with Crippen LogP contribution in [0.1, 0.15) is 29.0 Å². The number of halogens is 1. The van der Waals surface area contributed by atoms with E-state index in [2.05, 4.69) is 20.3 Å². The van der Waals surface area contributed by atoms with Gasteiger partial charge < -0.3 is 14.8 Å². The number of aromatic nitrogens is 2. The van der Waals surface area contributed by atoms with Gasteiger partial charge in [-0.25, -0.2) is 9.18 Å². The van der Waals surface area contributed by atoms with Gasteiger partial charge in [-0.2, -0.15) is 0 Å². The number of methoxy groups -OCH3 is 2. The summed E-state index contributed by atoms with van der Waals surface area (Å²) in [5.74, 6) is 0.113. The molecule has 22 heavy (non-hydrogen) atoms. The molecule has 0 spiro atoms. The first-order valence-corrected chi connectivity index (χ1v) is 6.57. The van der Waals surface area contributed by atoms with Crippen molar-refractivity contribution >= 4 is 11.8 Å². The van der Waals surface area contributed by atoms with Crippen molar-refractivity contribution in [1.29, 1.82) is 0 Å². The summed E-state index contributed by atoms with van der Waals surface area (Å²) in [6.45, 7) is 1.84. The Balaban J connectivity index is 2.16. The Kier molecular flexibility index (Phi) is 4.88. The van der Waals surface area contributed by atoms with Gasteiger partial charge in [0.1, 0.15) is 17.4 Å². The van der Waals surface area contributed by atoms with Crippen LogP contribution in [0.4, 0.5) is 10.2 Å². The standard InChI is InChI=1S/C15H16FN3O3/c1-9(11-8-10(16)4-6-13(11)21-2)17-14-7-5-12(18-19-14)15(20)22-3/h4-9H,1-3H3,(H,17,19)/t9-/m1/s1. The van der Waals surface area contributed by atoms with E-state index in [-0.39, 0.29) is 17.6 Å². The highest BCUT2D eigenvalue weighted by molar-refractivity contribution is 5.86. The van der Waals surface area contributed by atoms with Crippen LogP contribution < -0.4 is 10.1 Å². The number of hydrogen-bond donors (Lipinski definition) is 1. The lowest BCUT2D eigenvalue weighted by Crippen LogP contribution is -2.12. The Labute approximate surface area is 127 Å². The van der Waals surface area contributed by atoms with Gasteiger partial charge in [0.05, 0.1) is 20.3 Å². The van der Waals surface area contributed by atoms with E-state index in [1.54, 1.807) is 12.1 Å². The fourth-order valence-corrected chi connectivity index (χ4v) is 1.97. The SMILES string of the molecule is COC(=O)c1ccc(N[C@H](C)c2cc(F)ccc2OC)nn1. The molecule has 0 radical (unpaired) electrons. The number of ether oxygens (including phenoxy) is 2. The second-order valence-electron chi connectivity index (χ2n) is 4.55. The maximum atomic E-state index is 13.4. The van der Waals surface area contributed by atoms with E-state index in [9.17, 15) is 9.18 Å². The summed E-state index contributed by atoms with van der Waals surface area (Å²) in [7, 11) is 2.79. The molecule has 1 N–H and O–H groups in total. The van der Waals surface area contributed by atoms with Gasteiger partial charge >= 0.3 is 5.97 Å². The smallest absolute Gasteiger partial charge is 0.358 e. The molecule has 6 nitrogen and oxygen atoms in total. The highest BCUT2D eigenvalue weighted by atomic mass is 19.1. The van der Waals surface area contributed by atoms with Crippen LogP contribution in [0.2, 0.25) is 0 Å². The molecule has 2 rings (SSSR count). The quantitative estimate of drug-likeness (QED) is 0.856. The predicted octanol–water partition coefficient (Wildman–Crippen LogP) is 2.58. The second kappa shape index (κ2) is 6.84. The van der Waals surface area contributed by atoms with Gasteiger partial charge in [0.25, 0.3) is 0 Å². The molecule has 0 unspecified atom stereocenters. The molecule has 1 heterocycles. The third kappa shape index (κ3) is 3.49. The first-order valence-electron chi connectivity index (χ1n) is 6.57. The Hall–Kier alpha value is -2.70. The van der Waals surface area contributed by atoms with Crippen molar-refractivity contribution in [2.45, 2.75) is 13.0 Å². The van der Waals surface area contributed by atoms with Gasteiger partial charge in [0.2, 0.25) is 0 Å². The Morgan fingerprint density at radius 2 is 2.00 bits per heavy atom. The maximum absolute atomic E-state index is 13.4. The third-order valence-electron chi connectivity index (χ3n) is 3.08. The summed E-state index contributed by atoms with van der Waals surface area (Å²) >= 11 is 0. The molecule has 1 aromatic heterocycles. The normalized spacial score (nSPS) is 11.6. The molecule has 0 amide bonds. The number of nitrogens with one attached hydrogen (secondary N) is 1. The Bertz CT molecular complexity index is 662. The van der Waals surface area contributed by atoms with Crippen LogP contribution in [0.25, 0.3) is 0 Å². The fraction of sp³-hybridized carbons (Fsp3) is 0.267. The monoisotopic (exact) mass is 305 g/mol. The minimum absolute atomic E-state index is 0.115. The molecule has 7 heteroatoms. The minimum Gasteiger partial charge on any atom is -0.496 e. The van der Waals surface area contributed by atoms with Crippen LogP contribution in [-0.2, 0) is 4.74 Å². The summed E-state index contributed by atoms with van der Waals surface area (Å²) in [4.78, 5) is 11.3. The van der Waals surface area contributed by atoms with Crippen LogP contribution in [0, 0.1) is 5.82 Å².